The zero-order valence-electron chi connectivity index (χ0n) is 15.4. The maximum absolute atomic E-state index is 11.3. The van der Waals surface area contributed by atoms with E-state index in [2.05, 4.69) is 25.7 Å². The lowest BCUT2D eigenvalue weighted by atomic mass is 10.2. The van der Waals surface area contributed by atoms with E-state index in [-0.39, 0.29) is 11.8 Å². The van der Waals surface area contributed by atoms with Crippen LogP contribution in [0.4, 0.5) is 0 Å². The first kappa shape index (κ1) is 19.9. The molecule has 1 unspecified atom stereocenters. The number of hydrogen-bond donors (Lipinski definition) is 2. The molecule has 0 bridgehead atoms. The summed E-state index contributed by atoms with van der Waals surface area (Å²) in [5.41, 5.74) is 2.00. The van der Waals surface area contributed by atoms with Gasteiger partial charge in [-0.1, -0.05) is 12.1 Å². The van der Waals surface area contributed by atoms with Gasteiger partial charge in [0.15, 0.2) is 5.96 Å². The quantitative estimate of drug-likeness (QED) is 0.528. The SMILES string of the molecule is CCNC(=NCc1ccc(-n2cncn2)cc1)NC(C)CCS(C)(=O)=O. The van der Waals surface area contributed by atoms with Gasteiger partial charge in [0.1, 0.15) is 22.5 Å². The second-order valence-corrected chi connectivity index (χ2v) is 8.43. The Bertz CT molecular complexity index is 800. The Hall–Kier alpha value is -2.42. The predicted molar refractivity (Wildman–Crippen MR) is 103 cm³/mol. The second kappa shape index (κ2) is 9.33. The van der Waals surface area contributed by atoms with Crippen molar-refractivity contribution in [1.29, 1.82) is 0 Å². The Morgan fingerprint density at radius 3 is 2.62 bits per heavy atom. The van der Waals surface area contributed by atoms with Crippen LogP contribution in [0.1, 0.15) is 25.8 Å². The fourth-order valence-corrected chi connectivity index (χ4v) is 3.06. The molecular formula is C17H26N6O2S. The highest BCUT2D eigenvalue weighted by Crippen LogP contribution is 2.09. The minimum Gasteiger partial charge on any atom is -0.357 e. The van der Waals surface area contributed by atoms with Crippen molar-refractivity contribution in [3.63, 3.8) is 0 Å². The Morgan fingerprint density at radius 2 is 2.04 bits per heavy atom. The van der Waals surface area contributed by atoms with Crippen molar-refractivity contribution in [2.45, 2.75) is 32.9 Å². The number of aliphatic imine (C=N–C) groups is 1. The van der Waals surface area contributed by atoms with Crippen molar-refractivity contribution in [1.82, 2.24) is 25.4 Å². The van der Waals surface area contributed by atoms with E-state index in [0.29, 0.717) is 18.9 Å². The molecule has 0 saturated heterocycles. The van der Waals surface area contributed by atoms with E-state index in [1.807, 2.05) is 38.1 Å². The fourth-order valence-electron chi connectivity index (χ4n) is 2.28. The normalized spacial score (nSPS) is 13.4. The van der Waals surface area contributed by atoms with Crippen LogP contribution in [0.25, 0.3) is 5.69 Å². The van der Waals surface area contributed by atoms with Gasteiger partial charge >= 0.3 is 0 Å². The molecule has 2 rings (SSSR count). The molecule has 0 radical (unpaired) electrons. The van der Waals surface area contributed by atoms with Crippen LogP contribution in [-0.2, 0) is 16.4 Å². The van der Waals surface area contributed by atoms with Crippen molar-refractivity contribution in [3.8, 4) is 5.69 Å². The van der Waals surface area contributed by atoms with Gasteiger partial charge in [-0.25, -0.2) is 23.1 Å². The third kappa shape index (κ3) is 6.83. The third-order valence-electron chi connectivity index (χ3n) is 3.69. The van der Waals surface area contributed by atoms with Gasteiger partial charge in [0.05, 0.1) is 18.0 Å². The summed E-state index contributed by atoms with van der Waals surface area (Å²) >= 11 is 0. The average Bonchev–Trinajstić information content (AvgIpc) is 3.12. The average molecular weight is 379 g/mol. The van der Waals surface area contributed by atoms with E-state index in [1.165, 1.54) is 12.6 Å². The highest BCUT2D eigenvalue weighted by atomic mass is 32.2. The second-order valence-electron chi connectivity index (χ2n) is 6.17. The van der Waals surface area contributed by atoms with Crippen LogP contribution >= 0.6 is 0 Å². The molecule has 1 atom stereocenters. The van der Waals surface area contributed by atoms with E-state index < -0.39 is 9.84 Å². The van der Waals surface area contributed by atoms with E-state index in [0.717, 1.165) is 17.8 Å². The van der Waals surface area contributed by atoms with E-state index in [1.54, 1.807) is 11.0 Å². The number of nitrogens with one attached hydrogen (secondary N) is 2. The molecule has 26 heavy (non-hydrogen) atoms. The zero-order valence-corrected chi connectivity index (χ0v) is 16.2. The standard InChI is InChI=1S/C17H26N6O2S/c1-4-19-17(22-14(2)9-10-26(3,24)25)20-11-15-5-7-16(8-6-15)23-13-18-12-21-23/h5-8,12-14H,4,9-11H2,1-3H3,(H2,19,20,22). The molecule has 0 aliphatic rings. The molecule has 1 aromatic heterocycles. The molecule has 0 amide bonds. The lowest BCUT2D eigenvalue weighted by Gasteiger charge is -2.17. The van der Waals surface area contributed by atoms with E-state index in [4.69, 9.17) is 0 Å². The van der Waals surface area contributed by atoms with Crippen LogP contribution < -0.4 is 10.6 Å². The number of hydrogen-bond acceptors (Lipinski definition) is 5. The van der Waals surface area contributed by atoms with Crippen molar-refractivity contribution < 1.29 is 8.42 Å². The molecule has 1 aromatic carbocycles. The summed E-state index contributed by atoms with van der Waals surface area (Å²) in [7, 11) is -2.96. The highest BCUT2D eigenvalue weighted by molar-refractivity contribution is 7.90. The molecule has 0 aliphatic carbocycles. The molecule has 0 aliphatic heterocycles. The van der Waals surface area contributed by atoms with Crippen molar-refractivity contribution in [3.05, 3.63) is 42.5 Å². The maximum atomic E-state index is 11.3. The minimum atomic E-state index is -2.96. The maximum Gasteiger partial charge on any atom is 0.191 e. The summed E-state index contributed by atoms with van der Waals surface area (Å²) < 4.78 is 24.3. The topological polar surface area (TPSA) is 101 Å². The van der Waals surface area contributed by atoms with Crippen LogP contribution in [0.2, 0.25) is 0 Å². The van der Waals surface area contributed by atoms with Gasteiger partial charge in [0, 0.05) is 18.8 Å². The van der Waals surface area contributed by atoms with Gasteiger partial charge in [0.25, 0.3) is 0 Å². The van der Waals surface area contributed by atoms with Crippen molar-refractivity contribution in [2.75, 3.05) is 18.6 Å². The first-order valence-electron chi connectivity index (χ1n) is 8.54. The van der Waals surface area contributed by atoms with Gasteiger partial charge < -0.3 is 10.6 Å². The number of guanidine groups is 1. The summed E-state index contributed by atoms with van der Waals surface area (Å²) in [5.74, 6) is 0.832. The molecule has 9 heteroatoms. The first-order valence-corrected chi connectivity index (χ1v) is 10.6. The summed E-state index contributed by atoms with van der Waals surface area (Å²) in [6.45, 7) is 5.19. The number of nitrogens with zero attached hydrogens (tertiary/aromatic N) is 4. The van der Waals surface area contributed by atoms with Gasteiger partial charge in [-0.05, 0) is 38.0 Å². The van der Waals surface area contributed by atoms with E-state index in [9.17, 15) is 8.42 Å². The fraction of sp³-hybridized carbons (Fsp3) is 0.471. The Kier molecular flexibility index (Phi) is 7.14. The summed E-state index contributed by atoms with van der Waals surface area (Å²) in [6.07, 6.45) is 4.94. The third-order valence-corrected chi connectivity index (χ3v) is 4.67. The summed E-state index contributed by atoms with van der Waals surface area (Å²) in [5, 5.41) is 10.5. The molecule has 1 heterocycles. The van der Waals surface area contributed by atoms with Gasteiger partial charge in [-0.3, -0.25) is 0 Å². The highest BCUT2D eigenvalue weighted by Gasteiger charge is 2.09. The molecule has 2 aromatic rings. The van der Waals surface area contributed by atoms with Crippen LogP contribution in [0.3, 0.4) is 0 Å². The number of aromatic nitrogens is 3. The van der Waals surface area contributed by atoms with E-state index >= 15 is 0 Å². The monoisotopic (exact) mass is 378 g/mol. The molecule has 2 N–H and O–H groups in total. The molecule has 0 fully saturated rings. The molecule has 0 spiro atoms. The lowest BCUT2D eigenvalue weighted by molar-refractivity contribution is 0.581. The minimum absolute atomic E-state index is 0.0113. The van der Waals surface area contributed by atoms with Gasteiger partial charge in [-0.2, -0.15) is 5.10 Å². The largest absolute Gasteiger partial charge is 0.357 e. The molecule has 8 nitrogen and oxygen atoms in total. The molecule has 142 valence electrons. The van der Waals surface area contributed by atoms with Gasteiger partial charge in [0.2, 0.25) is 0 Å². The Labute approximate surface area is 154 Å². The van der Waals surface area contributed by atoms with Crippen LogP contribution in [0.15, 0.2) is 41.9 Å². The summed E-state index contributed by atoms with van der Waals surface area (Å²) in [4.78, 5) is 8.51. The van der Waals surface area contributed by atoms with Crippen LogP contribution in [0, 0.1) is 0 Å². The Morgan fingerprint density at radius 1 is 1.31 bits per heavy atom. The predicted octanol–water partition coefficient (Wildman–Crippen LogP) is 1.15. The first-order chi connectivity index (χ1) is 12.4. The number of benzene rings is 1. The zero-order chi connectivity index (χ0) is 19.0. The molecule has 0 saturated carbocycles. The summed E-state index contributed by atoms with van der Waals surface area (Å²) in [6, 6.07) is 7.94. The smallest absolute Gasteiger partial charge is 0.191 e. The van der Waals surface area contributed by atoms with Crippen molar-refractivity contribution >= 4 is 15.8 Å². The molecular weight excluding hydrogens is 352 g/mol. The van der Waals surface area contributed by atoms with Crippen molar-refractivity contribution in [2.24, 2.45) is 4.99 Å². The van der Waals surface area contributed by atoms with Crippen LogP contribution in [0.5, 0.6) is 0 Å². The number of sulfone groups is 1. The van der Waals surface area contributed by atoms with Gasteiger partial charge in [-0.15, -0.1) is 0 Å². The lowest BCUT2D eigenvalue weighted by Crippen LogP contribution is -2.42. The number of rotatable bonds is 8. The Balaban J connectivity index is 1.95. The van der Waals surface area contributed by atoms with Crippen LogP contribution in [-0.4, -0.2) is 53.7 Å².